The number of nitrogens with zero attached hydrogens (tertiary/aromatic N) is 1. The Morgan fingerprint density at radius 3 is 2.38 bits per heavy atom. The molecule has 13 heavy (non-hydrogen) atoms. The minimum atomic E-state index is -0.456. The number of rotatable bonds is 4. The lowest BCUT2D eigenvalue weighted by atomic mass is 10.1. The fraction of sp³-hybridized carbons (Fsp3) is 0.222. The maximum Gasteiger partial charge on any atom is 0.217 e. The van der Waals surface area contributed by atoms with Crippen molar-refractivity contribution in [3.05, 3.63) is 30.1 Å². The van der Waals surface area contributed by atoms with E-state index in [4.69, 9.17) is 5.73 Å². The van der Waals surface area contributed by atoms with Crippen molar-refractivity contribution < 1.29 is 9.59 Å². The molecule has 0 aliphatic rings. The molecule has 0 saturated carbocycles. The van der Waals surface area contributed by atoms with Crippen LogP contribution in [0.25, 0.3) is 0 Å². The molecule has 0 unspecified atom stereocenters. The number of nitrogens with two attached hydrogens (primary N) is 1. The van der Waals surface area contributed by atoms with Gasteiger partial charge in [0.25, 0.3) is 0 Å². The fourth-order valence-corrected chi connectivity index (χ4v) is 0.919. The van der Waals surface area contributed by atoms with E-state index in [1.807, 2.05) is 0 Å². The Kier molecular flexibility index (Phi) is 3.14. The molecular weight excluding hydrogens is 168 g/mol. The van der Waals surface area contributed by atoms with Gasteiger partial charge in [0.05, 0.1) is 0 Å². The summed E-state index contributed by atoms with van der Waals surface area (Å²) in [7, 11) is 0. The van der Waals surface area contributed by atoms with Crippen LogP contribution in [0, 0.1) is 0 Å². The molecule has 0 aliphatic carbocycles. The molecule has 0 fully saturated rings. The Morgan fingerprint density at radius 2 is 1.85 bits per heavy atom. The first-order valence-corrected chi connectivity index (χ1v) is 3.91. The lowest BCUT2D eigenvalue weighted by Crippen LogP contribution is -2.12. The summed E-state index contributed by atoms with van der Waals surface area (Å²) in [5.74, 6) is -0.538. The van der Waals surface area contributed by atoms with Crippen molar-refractivity contribution in [3.8, 4) is 0 Å². The van der Waals surface area contributed by atoms with Gasteiger partial charge in [-0.2, -0.15) is 0 Å². The number of amides is 1. The summed E-state index contributed by atoms with van der Waals surface area (Å²) in [4.78, 5) is 25.5. The van der Waals surface area contributed by atoms with Crippen LogP contribution in [-0.2, 0) is 4.79 Å². The zero-order chi connectivity index (χ0) is 9.68. The van der Waals surface area contributed by atoms with E-state index in [2.05, 4.69) is 4.98 Å². The molecule has 0 aromatic carbocycles. The monoisotopic (exact) mass is 178 g/mol. The molecule has 4 nitrogen and oxygen atoms in total. The van der Waals surface area contributed by atoms with E-state index in [-0.39, 0.29) is 18.6 Å². The van der Waals surface area contributed by atoms with Crippen LogP contribution in [0.3, 0.4) is 0 Å². The van der Waals surface area contributed by atoms with Crippen LogP contribution in [0.15, 0.2) is 24.5 Å². The predicted octanol–water partition coefficient (Wildman–Crippen LogP) is 0.530. The predicted molar refractivity (Wildman–Crippen MR) is 47.0 cm³/mol. The third-order valence-corrected chi connectivity index (χ3v) is 1.60. The molecule has 0 aliphatic heterocycles. The molecule has 1 amide bonds. The first-order chi connectivity index (χ1) is 6.20. The van der Waals surface area contributed by atoms with Crippen molar-refractivity contribution in [2.24, 2.45) is 5.73 Å². The largest absolute Gasteiger partial charge is 0.370 e. The summed E-state index contributed by atoms with van der Waals surface area (Å²) >= 11 is 0. The average Bonchev–Trinajstić information content (AvgIpc) is 2.15. The molecule has 0 atom stereocenters. The van der Waals surface area contributed by atoms with E-state index >= 15 is 0 Å². The zero-order valence-electron chi connectivity index (χ0n) is 7.06. The van der Waals surface area contributed by atoms with Crippen LogP contribution in [-0.4, -0.2) is 16.7 Å². The highest BCUT2D eigenvalue weighted by Crippen LogP contribution is 2.02. The minimum absolute atomic E-state index is 0.0822. The van der Waals surface area contributed by atoms with Gasteiger partial charge in [0, 0.05) is 30.8 Å². The average molecular weight is 178 g/mol. The summed E-state index contributed by atoms with van der Waals surface area (Å²) in [5.41, 5.74) is 5.48. The number of aromatic nitrogens is 1. The van der Waals surface area contributed by atoms with Crippen LogP contribution in [0.4, 0.5) is 0 Å². The minimum Gasteiger partial charge on any atom is -0.370 e. The van der Waals surface area contributed by atoms with Crippen LogP contribution in [0.1, 0.15) is 23.2 Å². The molecule has 0 radical (unpaired) electrons. The molecule has 0 bridgehead atoms. The number of hydrogen-bond acceptors (Lipinski definition) is 3. The second kappa shape index (κ2) is 4.35. The second-order valence-corrected chi connectivity index (χ2v) is 2.63. The molecule has 2 N–H and O–H groups in total. The zero-order valence-corrected chi connectivity index (χ0v) is 7.06. The van der Waals surface area contributed by atoms with Gasteiger partial charge in [0.2, 0.25) is 5.91 Å². The number of carbonyl (C=O) groups excluding carboxylic acids is 2. The summed E-state index contributed by atoms with van der Waals surface area (Å²) in [5, 5.41) is 0. The summed E-state index contributed by atoms with van der Waals surface area (Å²) in [6, 6.07) is 3.23. The highest BCUT2D eigenvalue weighted by Gasteiger charge is 2.06. The number of carbonyl (C=O) groups is 2. The first-order valence-electron chi connectivity index (χ1n) is 3.91. The molecule has 0 spiro atoms. The van der Waals surface area contributed by atoms with Crippen LogP contribution in [0.2, 0.25) is 0 Å². The van der Waals surface area contributed by atoms with E-state index < -0.39 is 5.91 Å². The third kappa shape index (κ3) is 3.02. The topological polar surface area (TPSA) is 73.1 Å². The molecule has 1 heterocycles. The SMILES string of the molecule is NC(=O)CCC(=O)c1ccncc1. The molecule has 1 aromatic rings. The van der Waals surface area contributed by atoms with Crippen LogP contribution >= 0.6 is 0 Å². The number of Topliss-reactive ketones (excluding diaryl/α,β-unsaturated/α-hetero) is 1. The van der Waals surface area contributed by atoms with Crippen molar-refractivity contribution in [1.29, 1.82) is 0 Å². The van der Waals surface area contributed by atoms with Gasteiger partial charge in [0.1, 0.15) is 0 Å². The standard InChI is InChI=1S/C9H10N2O2/c10-9(13)2-1-8(12)7-3-5-11-6-4-7/h3-6H,1-2H2,(H2,10,13). The Balaban J connectivity index is 2.54. The highest BCUT2D eigenvalue weighted by molar-refractivity contribution is 5.97. The summed E-state index contributed by atoms with van der Waals surface area (Å²) in [6.07, 6.45) is 3.34. The fourth-order valence-electron chi connectivity index (χ4n) is 0.919. The van der Waals surface area contributed by atoms with Crippen LogP contribution < -0.4 is 5.73 Å². The van der Waals surface area contributed by atoms with Crippen molar-refractivity contribution >= 4 is 11.7 Å². The Morgan fingerprint density at radius 1 is 1.23 bits per heavy atom. The van der Waals surface area contributed by atoms with E-state index in [9.17, 15) is 9.59 Å². The third-order valence-electron chi connectivity index (χ3n) is 1.60. The first kappa shape index (κ1) is 9.38. The van der Waals surface area contributed by atoms with Crippen molar-refractivity contribution in [3.63, 3.8) is 0 Å². The van der Waals surface area contributed by atoms with Gasteiger partial charge in [-0.1, -0.05) is 0 Å². The normalized spacial score (nSPS) is 9.54. The highest BCUT2D eigenvalue weighted by atomic mass is 16.1. The second-order valence-electron chi connectivity index (χ2n) is 2.63. The number of ketones is 1. The maximum atomic E-state index is 11.3. The van der Waals surface area contributed by atoms with E-state index in [1.165, 1.54) is 12.4 Å². The van der Waals surface area contributed by atoms with E-state index in [1.54, 1.807) is 12.1 Å². The summed E-state index contributed by atoms with van der Waals surface area (Å²) in [6.45, 7) is 0. The Bertz CT molecular complexity index is 309. The van der Waals surface area contributed by atoms with E-state index in [0.29, 0.717) is 5.56 Å². The molecule has 4 heteroatoms. The van der Waals surface area contributed by atoms with Crippen molar-refractivity contribution in [2.75, 3.05) is 0 Å². The quantitative estimate of drug-likeness (QED) is 0.683. The van der Waals surface area contributed by atoms with Gasteiger partial charge in [-0.05, 0) is 12.1 Å². The number of primary amides is 1. The van der Waals surface area contributed by atoms with Gasteiger partial charge in [0.15, 0.2) is 5.78 Å². The number of hydrogen-bond donors (Lipinski definition) is 1. The smallest absolute Gasteiger partial charge is 0.217 e. The molecular formula is C9H10N2O2. The van der Waals surface area contributed by atoms with E-state index in [0.717, 1.165) is 0 Å². The number of pyridine rings is 1. The van der Waals surface area contributed by atoms with Gasteiger partial charge < -0.3 is 5.73 Å². The molecule has 68 valence electrons. The lowest BCUT2D eigenvalue weighted by Gasteiger charge is -1.97. The van der Waals surface area contributed by atoms with Crippen molar-refractivity contribution in [1.82, 2.24) is 4.98 Å². The molecule has 0 saturated heterocycles. The molecule has 1 rings (SSSR count). The maximum absolute atomic E-state index is 11.3. The Hall–Kier alpha value is -1.71. The van der Waals surface area contributed by atoms with Gasteiger partial charge in [-0.25, -0.2) is 0 Å². The Labute approximate surface area is 75.8 Å². The van der Waals surface area contributed by atoms with Gasteiger partial charge in [-0.15, -0.1) is 0 Å². The van der Waals surface area contributed by atoms with Crippen molar-refractivity contribution in [2.45, 2.75) is 12.8 Å². The van der Waals surface area contributed by atoms with Crippen LogP contribution in [0.5, 0.6) is 0 Å². The van der Waals surface area contributed by atoms with Gasteiger partial charge in [-0.3, -0.25) is 14.6 Å². The molecule has 1 aromatic heterocycles. The lowest BCUT2D eigenvalue weighted by molar-refractivity contribution is -0.117. The summed E-state index contributed by atoms with van der Waals surface area (Å²) < 4.78 is 0. The van der Waals surface area contributed by atoms with Gasteiger partial charge >= 0.3 is 0 Å².